The van der Waals surface area contributed by atoms with Crippen LogP contribution < -0.4 is 16.0 Å². The molecule has 0 fully saturated rings. The highest BCUT2D eigenvalue weighted by atomic mass is 79.9. The van der Waals surface area contributed by atoms with Crippen LogP contribution in [0.3, 0.4) is 0 Å². The summed E-state index contributed by atoms with van der Waals surface area (Å²) in [5.74, 6) is -0.290. The van der Waals surface area contributed by atoms with E-state index in [1.54, 1.807) is 12.5 Å². The van der Waals surface area contributed by atoms with Crippen molar-refractivity contribution in [2.24, 2.45) is 7.05 Å². The lowest BCUT2D eigenvalue weighted by molar-refractivity contribution is -0.115. The van der Waals surface area contributed by atoms with Crippen molar-refractivity contribution in [3.05, 3.63) is 46.5 Å². The maximum atomic E-state index is 11.9. The number of aryl methyl sites for hydroxylation is 2. The van der Waals surface area contributed by atoms with Crippen molar-refractivity contribution in [2.75, 3.05) is 11.9 Å². The van der Waals surface area contributed by atoms with Crippen LogP contribution in [-0.4, -0.2) is 28.0 Å². The maximum Gasteiger partial charge on any atom is 0.315 e. The molecule has 1 aromatic heterocycles. The van der Waals surface area contributed by atoms with Crippen LogP contribution >= 0.6 is 15.9 Å². The standard InChI is InChI=1S/C15H18BrN5O2/c1-10-3-4-11(16)5-13(10)20-14(22)8-19-15(23)18-7-12-6-17-9-21(12)2/h3-6,9H,7-8H2,1-2H3,(H,20,22)(H2,18,19,23). The molecule has 0 aliphatic carbocycles. The fraction of sp³-hybridized carbons (Fsp3) is 0.267. The van der Waals surface area contributed by atoms with E-state index in [2.05, 4.69) is 36.9 Å². The normalized spacial score (nSPS) is 10.2. The molecule has 0 spiro atoms. The number of hydrogen-bond donors (Lipinski definition) is 3. The maximum absolute atomic E-state index is 11.9. The van der Waals surface area contributed by atoms with Gasteiger partial charge in [0, 0.05) is 23.4 Å². The highest BCUT2D eigenvalue weighted by Gasteiger charge is 2.08. The highest BCUT2D eigenvalue weighted by Crippen LogP contribution is 2.20. The van der Waals surface area contributed by atoms with E-state index in [1.165, 1.54) is 0 Å². The molecule has 2 rings (SSSR count). The summed E-state index contributed by atoms with van der Waals surface area (Å²) in [6, 6.07) is 5.20. The van der Waals surface area contributed by atoms with Crippen molar-refractivity contribution in [1.82, 2.24) is 20.2 Å². The number of rotatable bonds is 5. The van der Waals surface area contributed by atoms with Gasteiger partial charge in [-0.05, 0) is 24.6 Å². The molecule has 1 heterocycles. The lowest BCUT2D eigenvalue weighted by Crippen LogP contribution is -2.40. The molecule has 122 valence electrons. The fourth-order valence-electron chi connectivity index (χ4n) is 1.87. The Morgan fingerprint density at radius 3 is 2.78 bits per heavy atom. The van der Waals surface area contributed by atoms with E-state index in [9.17, 15) is 9.59 Å². The fourth-order valence-corrected chi connectivity index (χ4v) is 2.23. The van der Waals surface area contributed by atoms with Crippen molar-refractivity contribution < 1.29 is 9.59 Å². The van der Waals surface area contributed by atoms with Crippen molar-refractivity contribution >= 4 is 33.6 Å². The first-order valence-electron chi connectivity index (χ1n) is 6.98. The van der Waals surface area contributed by atoms with Crippen LogP contribution in [0.4, 0.5) is 10.5 Å². The summed E-state index contributed by atoms with van der Waals surface area (Å²) in [5, 5.41) is 7.94. The minimum atomic E-state index is -0.410. The highest BCUT2D eigenvalue weighted by molar-refractivity contribution is 9.10. The molecule has 0 unspecified atom stereocenters. The van der Waals surface area contributed by atoms with Crippen LogP contribution in [0.5, 0.6) is 0 Å². The van der Waals surface area contributed by atoms with E-state index in [-0.39, 0.29) is 12.5 Å². The predicted molar refractivity (Wildman–Crippen MR) is 91.0 cm³/mol. The van der Waals surface area contributed by atoms with E-state index >= 15 is 0 Å². The van der Waals surface area contributed by atoms with Gasteiger partial charge in [-0.1, -0.05) is 22.0 Å². The van der Waals surface area contributed by atoms with Crippen LogP contribution in [0.1, 0.15) is 11.3 Å². The van der Waals surface area contributed by atoms with E-state index < -0.39 is 6.03 Å². The second-order valence-corrected chi connectivity index (χ2v) is 5.96. The lowest BCUT2D eigenvalue weighted by atomic mass is 10.2. The Morgan fingerprint density at radius 2 is 2.09 bits per heavy atom. The molecule has 0 saturated heterocycles. The van der Waals surface area contributed by atoms with E-state index in [0.29, 0.717) is 12.2 Å². The largest absolute Gasteiger partial charge is 0.336 e. The van der Waals surface area contributed by atoms with E-state index in [4.69, 9.17) is 0 Å². The molecule has 0 saturated carbocycles. The van der Waals surface area contributed by atoms with Gasteiger partial charge in [0.25, 0.3) is 0 Å². The summed E-state index contributed by atoms with van der Waals surface area (Å²) < 4.78 is 2.68. The summed E-state index contributed by atoms with van der Waals surface area (Å²) in [7, 11) is 1.84. The summed E-state index contributed by atoms with van der Waals surface area (Å²) in [6.07, 6.45) is 3.33. The van der Waals surface area contributed by atoms with Gasteiger partial charge in [0.1, 0.15) is 0 Å². The second kappa shape index (κ2) is 7.77. The number of anilines is 1. The molecule has 7 nitrogen and oxygen atoms in total. The van der Waals surface area contributed by atoms with Gasteiger partial charge in [0.2, 0.25) is 5.91 Å². The molecule has 0 radical (unpaired) electrons. The van der Waals surface area contributed by atoms with Gasteiger partial charge in [-0.2, -0.15) is 0 Å². The third-order valence-corrected chi connectivity index (χ3v) is 3.72. The molecule has 0 aliphatic rings. The van der Waals surface area contributed by atoms with Gasteiger partial charge in [0.15, 0.2) is 0 Å². The third kappa shape index (κ3) is 5.10. The molecule has 3 N–H and O–H groups in total. The third-order valence-electron chi connectivity index (χ3n) is 3.23. The van der Waals surface area contributed by atoms with Crippen molar-refractivity contribution in [3.63, 3.8) is 0 Å². The number of halogens is 1. The number of amides is 3. The SMILES string of the molecule is Cc1ccc(Br)cc1NC(=O)CNC(=O)NCc1cncn1C. The zero-order valence-electron chi connectivity index (χ0n) is 12.9. The van der Waals surface area contributed by atoms with Crippen LogP contribution in [0.15, 0.2) is 35.2 Å². The van der Waals surface area contributed by atoms with Crippen molar-refractivity contribution in [1.29, 1.82) is 0 Å². The number of carbonyl (C=O) groups excluding carboxylic acids is 2. The van der Waals surface area contributed by atoms with Crippen LogP contribution in [0, 0.1) is 6.92 Å². The quantitative estimate of drug-likeness (QED) is 0.741. The number of urea groups is 1. The second-order valence-electron chi connectivity index (χ2n) is 5.04. The van der Waals surface area contributed by atoms with Crippen molar-refractivity contribution in [2.45, 2.75) is 13.5 Å². The van der Waals surface area contributed by atoms with Crippen LogP contribution in [-0.2, 0) is 18.4 Å². The molecular formula is C15H18BrN5O2. The number of hydrogen-bond acceptors (Lipinski definition) is 3. The van der Waals surface area contributed by atoms with Crippen LogP contribution in [0.25, 0.3) is 0 Å². The molecule has 8 heteroatoms. The lowest BCUT2D eigenvalue weighted by Gasteiger charge is -2.10. The summed E-state index contributed by atoms with van der Waals surface area (Å²) in [6.45, 7) is 2.13. The molecule has 0 bridgehead atoms. The average molecular weight is 380 g/mol. The Kier molecular flexibility index (Phi) is 5.75. The van der Waals surface area contributed by atoms with Crippen LogP contribution in [0.2, 0.25) is 0 Å². The topological polar surface area (TPSA) is 88.1 Å². The van der Waals surface area contributed by atoms with Gasteiger partial charge in [0.05, 0.1) is 25.1 Å². The summed E-state index contributed by atoms with van der Waals surface area (Å²) >= 11 is 3.36. The minimum absolute atomic E-state index is 0.108. The van der Waals surface area contributed by atoms with Crippen molar-refractivity contribution in [3.8, 4) is 0 Å². The van der Waals surface area contributed by atoms with E-state index in [0.717, 1.165) is 15.7 Å². The molecule has 3 amide bonds. The first-order chi connectivity index (χ1) is 11.0. The Labute approximate surface area is 142 Å². The number of nitrogens with one attached hydrogen (secondary N) is 3. The molecule has 1 aromatic carbocycles. The Morgan fingerprint density at radius 1 is 1.30 bits per heavy atom. The molecule has 0 atom stereocenters. The molecule has 23 heavy (non-hydrogen) atoms. The predicted octanol–water partition coefficient (Wildman–Crippen LogP) is 1.93. The zero-order valence-corrected chi connectivity index (χ0v) is 14.5. The van der Waals surface area contributed by atoms with E-state index in [1.807, 2.05) is 36.7 Å². The Hall–Kier alpha value is -2.35. The molecule has 0 aliphatic heterocycles. The summed E-state index contributed by atoms with van der Waals surface area (Å²) in [5.41, 5.74) is 2.53. The Bertz CT molecular complexity index is 714. The average Bonchev–Trinajstić information content (AvgIpc) is 2.92. The monoisotopic (exact) mass is 379 g/mol. The summed E-state index contributed by atoms with van der Waals surface area (Å²) in [4.78, 5) is 27.5. The molecule has 2 aromatic rings. The Balaban J connectivity index is 1.76. The number of benzene rings is 1. The number of carbonyl (C=O) groups is 2. The van der Waals surface area contributed by atoms with Gasteiger partial charge >= 0.3 is 6.03 Å². The van der Waals surface area contributed by atoms with Gasteiger partial charge < -0.3 is 20.5 Å². The van der Waals surface area contributed by atoms with Gasteiger partial charge in [-0.15, -0.1) is 0 Å². The minimum Gasteiger partial charge on any atom is -0.336 e. The first kappa shape index (κ1) is 17.0. The number of aromatic nitrogens is 2. The van der Waals surface area contributed by atoms with Gasteiger partial charge in [-0.25, -0.2) is 9.78 Å². The van der Waals surface area contributed by atoms with Gasteiger partial charge in [-0.3, -0.25) is 4.79 Å². The zero-order chi connectivity index (χ0) is 16.8. The smallest absolute Gasteiger partial charge is 0.315 e. The number of imidazole rings is 1. The number of nitrogens with zero attached hydrogens (tertiary/aromatic N) is 2. The molecular weight excluding hydrogens is 362 g/mol. The first-order valence-corrected chi connectivity index (χ1v) is 7.78.